The first-order valence-electron chi connectivity index (χ1n) is 13.1. The molecule has 4 rings (SSSR count). The van der Waals surface area contributed by atoms with Crippen LogP contribution in [0.25, 0.3) is 10.8 Å². The van der Waals surface area contributed by atoms with Crippen LogP contribution in [0.5, 0.6) is 11.5 Å². The fraction of sp³-hybridized carbons (Fsp3) is 0.483. The first kappa shape index (κ1) is 29.3. The molecule has 2 aliphatic rings. The molecule has 0 spiro atoms. The number of primary amides is 1. The van der Waals surface area contributed by atoms with Crippen molar-refractivity contribution in [2.45, 2.75) is 45.4 Å². The number of fused-ring (bicyclic) bond motifs is 3. The second kappa shape index (κ2) is 9.76. The minimum absolute atomic E-state index is 0.00819. The molecule has 0 saturated heterocycles. The molecule has 216 valence electrons. The zero-order valence-corrected chi connectivity index (χ0v) is 23.9. The number of nitrogens with two attached hydrogens (primary N) is 1. The maximum atomic E-state index is 14.0. The number of likely N-dealkylation sites (N-methyl/N-ethyl adjacent to an activating group) is 1. The molecule has 11 heteroatoms. The predicted octanol–water partition coefficient (Wildman–Crippen LogP) is 1.35. The lowest BCUT2D eigenvalue weighted by molar-refractivity contribution is -0.140. The number of Topliss-reactive ketones (excluding diaryl/α,β-unsaturated/α-hetero) is 2. The number of aromatic hydroxyl groups is 2. The largest absolute Gasteiger partial charge is 0.510 e. The van der Waals surface area contributed by atoms with Gasteiger partial charge in [-0.15, -0.1) is 0 Å². The summed E-state index contributed by atoms with van der Waals surface area (Å²) in [5, 5.41) is 49.2. The Morgan fingerprint density at radius 1 is 1.07 bits per heavy atom. The van der Waals surface area contributed by atoms with Crippen LogP contribution < -0.4 is 16.0 Å². The molecule has 0 radical (unpaired) electrons. The van der Waals surface area contributed by atoms with E-state index in [4.69, 9.17) is 5.73 Å². The van der Waals surface area contributed by atoms with Crippen LogP contribution in [0.1, 0.15) is 42.3 Å². The molecule has 0 aromatic heterocycles. The number of phenolic OH excluding ortho intramolecular Hbond substituents is 2. The normalized spacial score (nSPS) is 23.0. The molecular weight excluding hydrogens is 516 g/mol. The van der Waals surface area contributed by atoms with E-state index in [1.165, 1.54) is 4.90 Å². The highest BCUT2D eigenvalue weighted by molar-refractivity contribution is 6.33. The molecule has 0 fully saturated rings. The number of anilines is 1. The first-order valence-corrected chi connectivity index (χ1v) is 13.1. The molecule has 1 unspecified atom stereocenters. The molecule has 11 nitrogen and oxygen atoms in total. The fourth-order valence-electron chi connectivity index (χ4n) is 5.97. The topological polar surface area (TPSA) is 177 Å². The summed E-state index contributed by atoms with van der Waals surface area (Å²) < 4.78 is 0. The van der Waals surface area contributed by atoms with E-state index >= 15 is 0 Å². The van der Waals surface area contributed by atoms with Crippen LogP contribution in [0.3, 0.4) is 0 Å². The number of rotatable bonds is 6. The maximum Gasteiger partial charge on any atom is 0.255 e. The lowest BCUT2D eigenvalue weighted by Crippen LogP contribution is -2.66. The molecule has 2 aromatic rings. The minimum Gasteiger partial charge on any atom is -0.510 e. The van der Waals surface area contributed by atoms with Gasteiger partial charge in [0.15, 0.2) is 5.60 Å². The molecule has 40 heavy (non-hydrogen) atoms. The highest BCUT2D eigenvalue weighted by Gasteiger charge is 2.63. The lowest BCUT2D eigenvalue weighted by atomic mass is 9.61. The minimum atomic E-state index is -2.77. The number of nitrogens with zero attached hydrogens (tertiary/aromatic N) is 2. The Bertz CT molecular complexity index is 1470. The summed E-state index contributed by atoms with van der Waals surface area (Å²) in [4.78, 5) is 42.8. The van der Waals surface area contributed by atoms with Gasteiger partial charge in [0.2, 0.25) is 11.6 Å². The molecule has 2 aromatic carbocycles. The highest BCUT2D eigenvalue weighted by Crippen LogP contribution is 2.50. The lowest BCUT2D eigenvalue weighted by Gasteiger charge is -2.47. The number of ketones is 2. The molecular formula is C29H38N4O7. The van der Waals surface area contributed by atoms with Gasteiger partial charge in [0.25, 0.3) is 5.91 Å². The third-order valence-electron chi connectivity index (χ3n) is 7.81. The van der Waals surface area contributed by atoms with Crippen LogP contribution in [0, 0.1) is 11.3 Å². The maximum absolute atomic E-state index is 14.0. The molecule has 3 atom stereocenters. The Morgan fingerprint density at radius 3 is 2.23 bits per heavy atom. The molecule has 0 heterocycles. The third kappa shape index (κ3) is 4.38. The van der Waals surface area contributed by atoms with E-state index in [0.29, 0.717) is 28.7 Å². The number of hydrogen-bond acceptors (Lipinski definition) is 10. The summed E-state index contributed by atoms with van der Waals surface area (Å²) in [5.74, 6) is -6.30. The Kier molecular flexibility index (Phi) is 7.15. The molecule has 0 bridgehead atoms. The van der Waals surface area contributed by atoms with Crippen LogP contribution in [-0.2, 0) is 22.6 Å². The summed E-state index contributed by atoms with van der Waals surface area (Å²) in [6, 6.07) is 2.38. The van der Waals surface area contributed by atoms with Gasteiger partial charge < -0.3 is 36.4 Å². The van der Waals surface area contributed by atoms with E-state index in [-0.39, 0.29) is 35.1 Å². The van der Waals surface area contributed by atoms with Gasteiger partial charge >= 0.3 is 0 Å². The second-order valence-electron chi connectivity index (χ2n) is 12.4. The van der Waals surface area contributed by atoms with Crippen molar-refractivity contribution in [3.63, 3.8) is 0 Å². The van der Waals surface area contributed by atoms with Crippen LogP contribution >= 0.6 is 0 Å². The quantitative estimate of drug-likeness (QED) is 0.226. The van der Waals surface area contributed by atoms with Crippen molar-refractivity contribution in [1.29, 1.82) is 0 Å². The van der Waals surface area contributed by atoms with Gasteiger partial charge in [-0.3, -0.25) is 19.3 Å². The SMILES string of the molecule is CN(C)c1cc(CNCC(C)(C)C)c(O)c2c(O)c3c(cc12)CC1[C@H](N(C)C)C(O)=C(C(N)=O)C(=O)[C@@]1(O)C3=O. The van der Waals surface area contributed by atoms with Gasteiger partial charge in [0.1, 0.15) is 22.8 Å². The second-order valence-corrected chi connectivity index (χ2v) is 12.4. The van der Waals surface area contributed by atoms with E-state index in [2.05, 4.69) is 26.1 Å². The number of hydrogen-bond donors (Lipinski definition) is 6. The van der Waals surface area contributed by atoms with Crippen molar-refractivity contribution in [3.8, 4) is 11.5 Å². The van der Waals surface area contributed by atoms with Gasteiger partial charge in [-0.1, -0.05) is 20.8 Å². The Balaban J connectivity index is 1.97. The van der Waals surface area contributed by atoms with Crippen molar-refractivity contribution in [3.05, 3.63) is 40.2 Å². The summed E-state index contributed by atoms with van der Waals surface area (Å²) in [7, 11) is 6.78. The van der Waals surface area contributed by atoms with Crippen LogP contribution in [0.15, 0.2) is 23.5 Å². The number of nitrogens with one attached hydrogen (secondary N) is 1. The van der Waals surface area contributed by atoms with Gasteiger partial charge in [-0.2, -0.15) is 0 Å². The van der Waals surface area contributed by atoms with Crippen LogP contribution in [-0.4, -0.2) is 89.2 Å². The number of amides is 1. The summed E-state index contributed by atoms with van der Waals surface area (Å²) in [6.07, 6.45) is -0.0890. The zero-order chi connectivity index (χ0) is 30.1. The molecule has 0 aliphatic heterocycles. The predicted molar refractivity (Wildman–Crippen MR) is 151 cm³/mol. The molecule has 7 N–H and O–H groups in total. The zero-order valence-electron chi connectivity index (χ0n) is 23.9. The van der Waals surface area contributed by atoms with Crippen molar-refractivity contribution in [2.24, 2.45) is 17.1 Å². The number of aliphatic hydroxyl groups is 2. The number of aliphatic hydroxyl groups excluding tert-OH is 1. The average Bonchev–Trinajstić information content (AvgIpc) is 2.81. The average molecular weight is 555 g/mol. The van der Waals surface area contributed by atoms with Crippen molar-refractivity contribution >= 4 is 33.9 Å². The smallest absolute Gasteiger partial charge is 0.255 e. The summed E-state index contributed by atoms with van der Waals surface area (Å²) in [5.41, 5.74) is 2.92. The van der Waals surface area contributed by atoms with E-state index in [9.17, 15) is 34.8 Å². The van der Waals surface area contributed by atoms with Crippen molar-refractivity contribution in [1.82, 2.24) is 10.2 Å². The van der Waals surface area contributed by atoms with Gasteiger partial charge in [-0.25, -0.2) is 0 Å². The number of phenols is 2. The Morgan fingerprint density at radius 2 is 1.70 bits per heavy atom. The van der Waals surface area contributed by atoms with Crippen molar-refractivity contribution in [2.75, 3.05) is 39.6 Å². The van der Waals surface area contributed by atoms with Gasteiger partial charge in [-0.05, 0) is 43.6 Å². The van der Waals surface area contributed by atoms with E-state index < -0.39 is 52.1 Å². The van der Waals surface area contributed by atoms with E-state index in [1.807, 2.05) is 19.0 Å². The summed E-state index contributed by atoms with van der Waals surface area (Å²) >= 11 is 0. The highest BCUT2D eigenvalue weighted by atomic mass is 16.3. The molecule has 1 amide bonds. The van der Waals surface area contributed by atoms with Crippen LogP contribution in [0.4, 0.5) is 5.69 Å². The molecule has 2 aliphatic carbocycles. The number of carbonyl (C=O) groups is 3. The van der Waals surface area contributed by atoms with Gasteiger partial charge in [0, 0.05) is 49.7 Å². The monoisotopic (exact) mass is 554 g/mol. The van der Waals surface area contributed by atoms with E-state index in [1.54, 1.807) is 26.2 Å². The summed E-state index contributed by atoms with van der Waals surface area (Å²) in [6.45, 7) is 7.14. The third-order valence-corrected chi connectivity index (χ3v) is 7.81. The fourth-order valence-corrected chi connectivity index (χ4v) is 5.97. The number of carbonyl (C=O) groups excluding carboxylic acids is 3. The van der Waals surface area contributed by atoms with E-state index in [0.717, 1.165) is 0 Å². The van der Waals surface area contributed by atoms with Crippen LogP contribution in [0.2, 0.25) is 0 Å². The van der Waals surface area contributed by atoms with Gasteiger partial charge in [0.05, 0.1) is 17.0 Å². The Labute approximate surface area is 232 Å². The van der Waals surface area contributed by atoms with Crippen molar-refractivity contribution < 1.29 is 34.8 Å². The molecule has 0 saturated carbocycles. The Hall–Kier alpha value is -3.67. The first-order chi connectivity index (χ1) is 18.4. The number of benzene rings is 2. The standard InChI is InChI=1S/C29H38N4O7/c1-28(2,3)12-31-11-14-10-17(32(4)5)15-8-13-9-16-21(33(6)7)24(36)20(27(30)39)26(38)29(16,40)25(37)18(13)23(35)19(15)22(14)34/h8,10,16,21,31,34-36,40H,9,11-12H2,1-7H3,(H2,30,39)/t16?,21-,29-/m0/s1.